The fourth-order valence-corrected chi connectivity index (χ4v) is 3.42. The number of hydrogen-bond donors (Lipinski definition) is 1. The summed E-state index contributed by atoms with van der Waals surface area (Å²) in [6.45, 7) is 1.94. The molecular formula is C22H22F3N3O. The zero-order chi connectivity index (χ0) is 21.0. The molecule has 152 valence electrons. The molecule has 1 N–H and O–H groups in total. The van der Waals surface area contributed by atoms with E-state index < -0.39 is 17.8 Å². The number of benzene rings is 2. The van der Waals surface area contributed by atoms with Crippen molar-refractivity contribution in [2.75, 3.05) is 11.9 Å². The van der Waals surface area contributed by atoms with E-state index in [1.54, 1.807) is 48.5 Å². The van der Waals surface area contributed by atoms with Crippen molar-refractivity contribution in [2.24, 2.45) is 0 Å². The normalized spacial score (nSPS) is 12.6. The summed E-state index contributed by atoms with van der Waals surface area (Å²) in [7, 11) is 1.73. The van der Waals surface area contributed by atoms with Crippen LogP contribution >= 0.6 is 0 Å². The first-order chi connectivity index (χ1) is 13.8. The molecule has 1 atom stereocenters. The van der Waals surface area contributed by atoms with Crippen LogP contribution in [0.15, 0.2) is 60.9 Å². The molecule has 1 heterocycles. The fraction of sp³-hybridized carbons (Fsp3) is 0.273. The second kappa shape index (κ2) is 8.51. The van der Waals surface area contributed by atoms with Gasteiger partial charge in [0.05, 0.1) is 17.8 Å². The third-order valence-corrected chi connectivity index (χ3v) is 4.86. The molecule has 0 radical (unpaired) electrons. The van der Waals surface area contributed by atoms with E-state index in [1.165, 1.54) is 18.3 Å². The number of ketones is 1. The van der Waals surface area contributed by atoms with E-state index in [0.717, 1.165) is 12.5 Å². The van der Waals surface area contributed by atoms with Crippen LogP contribution < -0.4 is 4.90 Å². The van der Waals surface area contributed by atoms with Gasteiger partial charge >= 0.3 is 6.18 Å². The minimum absolute atomic E-state index is 0.0514. The van der Waals surface area contributed by atoms with Crippen molar-refractivity contribution in [3.05, 3.63) is 83.2 Å². The van der Waals surface area contributed by atoms with Crippen LogP contribution in [-0.2, 0) is 6.18 Å². The molecule has 0 saturated carbocycles. The number of carbonyl (C=O) groups is 1. The van der Waals surface area contributed by atoms with Gasteiger partial charge in [0.15, 0.2) is 5.78 Å². The molecule has 0 aliphatic heterocycles. The zero-order valence-electron chi connectivity index (χ0n) is 16.2. The molecule has 0 aliphatic rings. The van der Waals surface area contributed by atoms with Crippen molar-refractivity contribution in [3.8, 4) is 0 Å². The SMILES string of the molecule is CCCC(=O)c1ccc(N(C)C(c2cn[nH]c2)c2ccccc2C(F)(F)F)cc1. The second-order valence-electron chi connectivity index (χ2n) is 6.85. The van der Waals surface area contributed by atoms with E-state index in [1.807, 2.05) is 6.92 Å². The zero-order valence-corrected chi connectivity index (χ0v) is 16.2. The summed E-state index contributed by atoms with van der Waals surface area (Å²) in [6, 6.07) is 11.8. The van der Waals surface area contributed by atoms with Crippen LogP contribution in [0.25, 0.3) is 0 Å². The molecular weight excluding hydrogens is 379 g/mol. The van der Waals surface area contributed by atoms with Crippen molar-refractivity contribution in [1.29, 1.82) is 0 Å². The molecule has 0 saturated heterocycles. The lowest BCUT2D eigenvalue weighted by Crippen LogP contribution is -2.27. The Kier molecular flexibility index (Phi) is 6.06. The van der Waals surface area contributed by atoms with Gasteiger partial charge in [-0.3, -0.25) is 9.89 Å². The minimum atomic E-state index is -4.48. The van der Waals surface area contributed by atoms with Crippen molar-refractivity contribution >= 4 is 11.5 Å². The quantitative estimate of drug-likeness (QED) is 0.522. The molecule has 0 fully saturated rings. The highest BCUT2D eigenvalue weighted by Gasteiger charge is 2.36. The number of hydrogen-bond acceptors (Lipinski definition) is 3. The summed E-state index contributed by atoms with van der Waals surface area (Å²) < 4.78 is 41.0. The lowest BCUT2D eigenvalue weighted by atomic mass is 9.94. The van der Waals surface area contributed by atoms with Gasteiger partial charge in [0.25, 0.3) is 0 Å². The maximum Gasteiger partial charge on any atom is 0.416 e. The first-order valence-corrected chi connectivity index (χ1v) is 9.33. The molecule has 0 aliphatic carbocycles. The average Bonchev–Trinajstić information content (AvgIpc) is 3.22. The number of alkyl halides is 3. The molecule has 0 bridgehead atoms. The molecule has 3 aromatic rings. The number of aromatic nitrogens is 2. The number of halogens is 3. The highest BCUT2D eigenvalue weighted by molar-refractivity contribution is 5.96. The topological polar surface area (TPSA) is 49.0 Å². The summed E-state index contributed by atoms with van der Waals surface area (Å²) in [5, 5.41) is 6.60. The summed E-state index contributed by atoms with van der Waals surface area (Å²) >= 11 is 0. The average molecular weight is 401 g/mol. The highest BCUT2D eigenvalue weighted by Crippen LogP contribution is 2.39. The predicted octanol–water partition coefficient (Wildman–Crippen LogP) is 5.64. The third-order valence-electron chi connectivity index (χ3n) is 4.86. The van der Waals surface area contributed by atoms with Gasteiger partial charge in [0.2, 0.25) is 0 Å². The Hall–Kier alpha value is -3.09. The van der Waals surface area contributed by atoms with E-state index in [0.29, 0.717) is 23.2 Å². The number of Topliss-reactive ketones (excluding diaryl/α,β-unsaturated/α-hetero) is 1. The van der Waals surface area contributed by atoms with Crippen LogP contribution in [0, 0.1) is 0 Å². The molecule has 1 aromatic heterocycles. The van der Waals surface area contributed by atoms with Gasteiger partial charge in [-0.25, -0.2) is 0 Å². The Morgan fingerprint density at radius 3 is 2.41 bits per heavy atom. The maximum absolute atomic E-state index is 13.7. The number of anilines is 1. The number of nitrogens with one attached hydrogen (secondary N) is 1. The van der Waals surface area contributed by atoms with E-state index in [4.69, 9.17) is 0 Å². The van der Waals surface area contributed by atoms with Crippen molar-refractivity contribution < 1.29 is 18.0 Å². The number of nitrogens with zero attached hydrogens (tertiary/aromatic N) is 2. The van der Waals surface area contributed by atoms with E-state index in [-0.39, 0.29) is 11.3 Å². The Morgan fingerprint density at radius 2 is 1.83 bits per heavy atom. The lowest BCUT2D eigenvalue weighted by molar-refractivity contribution is -0.138. The Labute approximate surface area is 167 Å². The predicted molar refractivity (Wildman–Crippen MR) is 106 cm³/mol. The summed E-state index contributed by atoms with van der Waals surface area (Å²) in [6.07, 6.45) is -0.139. The fourth-order valence-electron chi connectivity index (χ4n) is 3.42. The second-order valence-corrected chi connectivity index (χ2v) is 6.85. The van der Waals surface area contributed by atoms with Gasteiger partial charge in [-0.15, -0.1) is 0 Å². The van der Waals surface area contributed by atoms with Gasteiger partial charge in [-0.1, -0.05) is 25.1 Å². The van der Waals surface area contributed by atoms with E-state index >= 15 is 0 Å². The molecule has 1 unspecified atom stereocenters. The van der Waals surface area contributed by atoms with E-state index in [2.05, 4.69) is 10.2 Å². The standard InChI is InChI=1S/C22H22F3N3O/c1-3-6-20(29)15-9-11-17(12-10-15)28(2)21(16-13-26-27-14-16)18-7-4-5-8-19(18)22(23,24)25/h4-5,7-14,21H,3,6H2,1-2H3,(H,26,27). The van der Waals surface area contributed by atoms with Gasteiger partial charge in [0.1, 0.15) is 0 Å². The Bertz CT molecular complexity index is 950. The van der Waals surface area contributed by atoms with Gasteiger partial charge < -0.3 is 4.90 Å². The van der Waals surface area contributed by atoms with Crippen LogP contribution in [0.2, 0.25) is 0 Å². The molecule has 29 heavy (non-hydrogen) atoms. The molecule has 0 amide bonds. The Balaban J connectivity index is 2.03. The first-order valence-electron chi connectivity index (χ1n) is 9.33. The largest absolute Gasteiger partial charge is 0.416 e. The van der Waals surface area contributed by atoms with Gasteiger partial charge in [-0.2, -0.15) is 18.3 Å². The molecule has 0 spiro atoms. The molecule has 2 aromatic carbocycles. The van der Waals surface area contributed by atoms with Crippen LogP contribution in [0.1, 0.15) is 52.9 Å². The maximum atomic E-state index is 13.7. The van der Waals surface area contributed by atoms with Crippen molar-refractivity contribution in [3.63, 3.8) is 0 Å². The van der Waals surface area contributed by atoms with Gasteiger partial charge in [-0.05, 0) is 42.3 Å². The van der Waals surface area contributed by atoms with Crippen LogP contribution in [-0.4, -0.2) is 23.0 Å². The summed E-state index contributed by atoms with van der Waals surface area (Å²) in [5.41, 5.74) is 1.35. The summed E-state index contributed by atoms with van der Waals surface area (Å²) in [5.74, 6) is 0.0514. The minimum Gasteiger partial charge on any atom is -0.363 e. The monoisotopic (exact) mass is 401 g/mol. The molecule has 4 nitrogen and oxygen atoms in total. The smallest absolute Gasteiger partial charge is 0.363 e. The van der Waals surface area contributed by atoms with Crippen LogP contribution in [0.3, 0.4) is 0 Å². The van der Waals surface area contributed by atoms with Crippen LogP contribution in [0.4, 0.5) is 18.9 Å². The number of carbonyl (C=O) groups excluding carboxylic acids is 1. The highest BCUT2D eigenvalue weighted by atomic mass is 19.4. The first kappa shape index (κ1) is 20.6. The number of rotatable bonds is 7. The van der Waals surface area contributed by atoms with Crippen LogP contribution in [0.5, 0.6) is 0 Å². The lowest BCUT2D eigenvalue weighted by Gasteiger charge is -2.31. The molecule has 3 rings (SSSR count). The van der Waals surface area contributed by atoms with E-state index in [9.17, 15) is 18.0 Å². The van der Waals surface area contributed by atoms with Crippen molar-refractivity contribution in [2.45, 2.75) is 32.0 Å². The molecule has 7 heteroatoms. The third kappa shape index (κ3) is 4.50. The van der Waals surface area contributed by atoms with Crippen molar-refractivity contribution in [1.82, 2.24) is 10.2 Å². The summed E-state index contributed by atoms with van der Waals surface area (Å²) in [4.78, 5) is 13.8. The number of H-pyrrole nitrogens is 1. The Morgan fingerprint density at radius 1 is 1.14 bits per heavy atom. The van der Waals surface area contributed by atoms with Gasteiger partial charge in [0, 0.05) is 36.5 Å². The number of aromatic amines is 1.